The first-order valence-corrected chi connectivity index (χ1v) is 7.82. The van der Waals surface area contributed by atoms with Gasteiger partial charge in [-0.1, -0.05) is 0 Å². The van der Waals surface area contributed by atoms with Crippen LogP contribution in [0.15, 0.2) is 40.8 Å². The first-order valence-electron chi connectivity index (χ1n) is 7.82. The molecule has 1 fully saturated rings. The highest BCUT2D eigenvalue weighted by Gasteiger charge is 2.37. The number of carbonyl (C=O) groups is 2. The first-order chi connectivity index (χ1) is 13.1. The second-order valence-corrected chi connectivity index (χ2v) is 5.86. The maximum absolute atomic E-state index is 12.1. The van der Waals surface area contributed by atoms with Gasteiger partial charge in [0.15, 0.2) is 5.76 Å². The highest BCUT2D eigenvalue weighted by molar-refractivity contribution is 5.97. The van der Waals surface area contributed by atoms with Crippen molar-refractivity contribution < 1.29 is 36.8 Å². The monoisotopic (exact) mass is 399 g/mol. The second kappa shape index (κ2) is 7.21. The number of ether oxygens (including phenoxy) is 1. The van der Waals surface area contributed by atoms with Crippen molar-refractivity contribution in [2.45, 2.75) is 6.36 Å². The summed E-state index contributed by atoms with van der Waals surface area (Å²) in [5.41, 5.74) is 0.269. The molecule has 0 spiro atoms. The molecule has 12 heteroatoms. The molecule has 0 aliphatic carbocycles. The standard InChI is InChI=1S/C16H12F3N3O6/c17-16(18,19)28-11-3-1-10(2-4-11)20-14(23)9-7-21(8-9)15(24)12-5-6-13(27-12)22(25)26/h1-6,9H,7-8H2,(H,20,23). The molecule has 0 atom stereocenters. The van der Waals surface area contributed by atoms with E-state index < -0.39 is 40.7 Å². The summed E-state index contributed by atoms with van der Waals surface area (Å²) in [6.45, 7) is 0.156. The quantitative estimate of drug-likeness (QED) is 0.611. The molecule has 0 bridgehead atoms. The van der Waals surface area contributed by atoms with Gasteiger partial charge in [-0.2, -0.15) is 0 Å². The van der Waals surface area contributed by atoms with Crippen molar-refractivity contribution >= 4 is 23.4 Å². The van der Waals surface area contributed by atoms with Crippen molar-refractivity contribution in [3.8, 4) is 5.75 Å². The Morgan fingerprint density at radius 1 is 1.18 bits per heavy atom. The molecule has 1 aromatic heterocycles. The fourth-order valence-corrected chi connectivity index (χ4v) is 2.49. The normalized spacial score (nSPS) is 14.3. The average Bonchev–Trinajstić information content (AvgIpc) is 3.04. The van der Waals surface area contributed by atoms with Crippen molar-refractivity contribution in [1.29, 1.82) is 0 Å². The third-order valence-electron chi connectivity index (χ3n) is 3.88. The summed E-state index contributed by atoms with van der Waals surface area (Å²) in [7, 11) is 0. The molecular formula is C16H12F3N3O6. The van der Waals surface area contributed by atoms with Crippen molar-refractivity contribution in [2.75, 3.05) is 18.4 Å². The van der Waals surface area contributed by atoms with E-state index in [0.29, 0.717) is 0 Å². The summed E-state index contributed by atoms with van der Waals surface area (Å²) in [4.78, 5) is 35.3. The summed E-state index contributed by atoms with van der Waals surface area (Å²) in [6.07, 6.45) is -4.80. The third kappa shape index (κ3) is 4.39. The highest BCUT2D eigenvalue weighted by atomic mass is 19.4. The Labute approximate surface area is 154 Å². The number of hydrogen-bond donors (Lipinski definition) is 1. The molecule has 148 valence electrons. The van der Waals surface area contributed by atoms with E-state index in [0.717, 1.165) is 18.2 Å². The molecule has 9 nitrogen and oxygen atoms in total. The minimum absolute atomic E-state index is 0.0778. The van der Waals surface area contributed by atoms with Crippen LogP contribution in [0, 0.1) is 16.0 Å². The second-order valence-electron chi connectivity index (χ2n) is 5.86. The molecule has 3 rings (SSSR count). The number of nitro groups is 1. The van der Waals surface area contributed by atoms with E-state index >= 15 is 0 Å². The molecule has 0 unspecified atom stereocenters. The lowest BCUT2D eigenvalue weighted by Gasteiger charge is -2.37. The molecule has 1 aliphatic rings. The molecule has 0 radical (unpaired) electrons. The number of anilines is 1. The number of benzene rings is 1. The summed E-state index contributed by atoms with van der Waals surface area (Å²) >= 11 is 0. The number of nitrogens with one attached hydrogen (secondary N) is 1. The van der Waals surface area contributed by atoms with Crippen LogP contribution < -0.4 is 10.1 Å². The summed E-state index contributed by atoms with van der Waals surface area (Å²) in [5.74, 6) is -2.70. The van der Waals surface area contributed by atoms with Gasteiger partial charge in [0.1, 0.15) is 10.7 Å². The van der Waals surface area contributed by atoms with E-state index in [1.807, 2.05) is 0 Å². The third-order valence-corrected chi connectivity index (χ3v) is 3.88. The van der Waals surface area contributed by atoms with Crippen LogP contribution in [0.3, 0.4) is 0 Å². The van der Waals surface area contributed by atoms with Crippen LogP contribution in [0.2, 0.25) is 0 Å². The molecule has 1 aliphatic heterocycles. The molecule has 2 amide bonds. The SMILES string of the molecule is O=C(Nc1ccc(OC(F)(F)F)cc1)C1CN(C(=O)c2ccc([N+](=O)[O-])o2)C1. The minimum atomic E-state index is -4.80. The van der Waals surface area contributed by atoms with Crippen LogP contribution in [-0.4, -0.2) is 41.1 Å². The Hall–Kier alpha value is -3.57. The number of carbonyl (C=O) groups excluding carboxylic acids is 2. The maximum Gasteiger partial charge on any atom is 0.573 e. The van der Waals surface area contributed by atoms with Gasteiger partial charge >= 0.3 is 12.2 Å². The average molecular weight is 399 g/mol. The predicted molar refractivity (Wildman–Crippen MR) is 86.5 cm³/mol. The van der Waals surface area contributed by atoms with E-state index in [2.05, 4.69) is 10.1 Å². The van der Waals surface area contributed by atoms with Crippen LogP contribution in [0.4, 0.5) is 24.7 Å². The zero-order valence-corrected chi connectivity index (χ0v) is 13.9. The Balaban J connectivity index is 1.50. The number of halogens is 3. The fraction of sp³-hybridized carbons (Fsp3) is 0.250. The zero-order valence-electron chi connectivity index (χ0n) is 13.9. The number of amides is 2. The van der Waals surface area contributed by atoms with Crippen LogP contribution in [0.5, 0.6) is 5.75 Å². The Morgan fingerprint density at radius 3 is 2.36 bits per heavy atom. The first kappa shape index (κ1) is 19.2. The number of hydrogen-bond acceptors (Lipinski definition) is 6. The van der Waals surface area contributed by atoms with E-state index in [1.165, 1.54) is 23.1 Å². The number of likely N-dealkylation sites (tertiary alicyclic amines) is 1. The Bertz CT molecular complexity index is 903. The van der Waals surface area contributed by atoms with Crippen molar-refractivity contribution in [2.24, 2.45) is 5.92 Å². The number of furan rings is 1. The highest BCUT2D eigenvalue weighted by Crippen LogP contribution is 2.26. The molecule has 1 saturated heterocycles. The Kier molecular flexibility index (Phi) is 4.94. The summed E-state index contributed by atoms with van der Waals surface area (Å²) < 4.78 is 44.9. The van der Waals surface area contributed by atoms with Gasteiger partial charge in [0.05, 0.1) is 12.0 Å². The molecule has 1 aromatic carbocycles. The van der Waals surface area contributed by atoms with E-state index in [9.17, 15) is 32.9 Å². The lowest BCUT2D eigenvalue weighted by molar-refractivity contribution is -0.402. The smallest absolute Gasteiger partial charge is 0.406 e. The van der Waals surface area contributed by atoms with Gasteiger partial charge in [-0.05, 0) is 30.3 Å². The van der Waals surface area contributed by atoms with Crippen LogP contribution in [0.1, 0.15) is 10.6 Å². The fourth-order valence-electron chi connectivity index (χ4n) is 2.49. The number of nitrogens with zero attached hydrogens (tertiary/aromatic N) is 2. The summed E-state index contributed by atoms with van der Waals surface area (Å²) in [5, 5.41) is 13.1. The van der Waals surface area contributed by atoms with Crippen LogP contribution in [-0.2, 0) is 4.79 Å². The lowest BCUT2D eigenvalue weighted by atomic mass is 9.98. The topological polar surface area (TPSA) is 115 Å². The molecule has 0 saturated carbocycles. The zero-order chi connectivity index (χ0) is 20.5. The lowest BCUT2D eigenvalue weighted by Crippen LogP contribution is -2.54. The van der Waals surface area contributed by atoms with Gasteiger partial charge in [-0.25, -0.2) is 0 Å². The molecule has 2 heterocycles. The molecule has 2 aromatic rings. The summed E-state index contributed by atoms with van der Waals surface area (Å²) in [6, 6.07) is 6.86. The van der Waals surface area contributed by atoms with E-state index in [4.69, 9.17) is 4.42 Å². The maximum atomic E-state index is 12.1. The number of rotatable bonds is 5. The van der Waals surface area contributed by atoms with E-state index in [1.54, 1.807) is 0 Å². The van der Waals surface area contributed by atoms with Crippen LogP contribution in [0.25, 0.3) is 0 Å². The van der Waals surface area contributed by atoms with Gasteiger partial charge < -0.3 is 19.4 Å². The van der Waals surface area contributed by atoms with Gasteiger partial charge in [0.2, 0.25) is 5.91 Å². The largest absolute Gasteiger partial charge is 0.573 e. The van der Waals surface area contributed by atoms with E-state index in [-0.39, 0.29) is 24.5 Å². The van der Waals surface area contributed by atoms with Crippen molar-refractivity contribution in [3.63, 3.8) is 0 Å². The molecular weight excluding hydrogens is 387 g/mol. The molecule has 28 heavy (non-hydrogen) atoms. The predicted octanol–water partition coefficient (Wildman–Crippen LogP) is 2.80. The number of alkyl halides is 3. The minimum Gasteiger partial charge on any atom is -0.406 e. The Morgan fingerprint density at radius 2 is 1.82 bits per heavy atom. The van der Waals surface area contributed by atoms with Gasteiger partial charge in [-0.3, -0.25) is 19.7 Å². The van der Waals surface area contributed by atoms with Gasteiger partial charge in [0.25, 0.3) is 5.91 Å². The van der Waals surface area contributed by atoms with Gasteiger partial charge in [0, 0.05) is 18.8 Å². The van der Waals surface area contributed by atoms with Crippen molar-refractivity contribution in [1.82, 2.24) is 4.90 Å². The molecule has 1 N–H and O–H groups in total. The van der Waals surface area contributed by atoms with Crippen LogP contribution >= 0.6 is 0 Å². The van der Waals surface area contributed by atoms with Gasteiger partial charge in [-0.15, -0.1) is 13.2 Å². The van der Waals surface area contributed by atoms with Crippen molar-refractivity contribution in [3.05, 3.63) is 52.3 Å².